The molecule has 1 N–H and O–H groups in total. The Morgan fingerprint density at radius 2 is 1.74 bits per heavy atom. The van der Waals surface area contributed by atoms with Gasteiger partial charge in [0.25, 0.3) is 10.0 Å². The molecular weight excluding hydrogens is 443 g/mol. The lowest BCUT2D eigenvalue weighted by molar-refractivity contribution is -0.119. The van der Waals surface area contributed by atoms with E-state index in [9.17, 15) is 17.6 Å². The van der Waals surface area contributed by atoms with E-state index in [0.29, 0.717) is 5.56 Å². The smallest absolute Gasteiger partial charge is 0.264 e. The maximum Gasteiger partial charge on any atom is 0.264 e. The van der Waals surface area contributed by atoms with Gasteiger partial charge in [-0.3, -0.25) is 9.10 Å². The third-order valence-electron chi connectivity index (χ3n) is 4.43. The Morgan fingerprint density at radius 1 is 1.06 bits per heavy atom. The zero-order chi connectivity index (χ0) is 22.4. The first kappa shape index (κ1) is 22.6. The van der Waals surface area contributed by atoms with E-state index in [1.165, 1.54) is 55.6 Å². The van der Waals surface area contributed by atoms with Gasteiger partial charge >= 0.3 is 0 Å². The number of methoxy groups -OCH3 is 1. The summed E-state index contributed by atoms with van der Waals surface area (Å²) in [6.45, 7) is -0.389. The molecule has 0 saturated heterocycles. The van der Waals surface area contributed by atoms with Crippen LogP contribution in [-0.4, -0.2) is 28.0 Å². The molecule has 0 radical (unpaired) electrons. The van der Waals surface area contributed by atoms with E-state index in [4.69, 9.17) is 16.3 Å². The quantitative estimate of drug-likeness (QED) is 0.549. The molecule has 0 unspecified atom stereocenters. The molecule has 0 bridgehead atoms. The Morgan fingerprint density at radius 3 is 2.39 bits per heavy atom. The van der Waals surface area contributed by atoms with Gasteiger partial charge in [-0.25, -0.2) is 12.8 Å². The molecule has 3 rings (SSSR count). The minimum absolute atomic E-state index is 0.0170. The highest BCUT2D eigenvalue weighted by Gasteiger charge is 2.29. The molecule has 31 heavy (non-hydrogen) atoms. The molecule has 0 aliphatic rings. The Bertz CT molecular complexity index is 1160. The molecule has 0 heterocycles. The highest BCUT2D eigenvalue weighted by molar-refractivity contribution is 7.92. The number of carbonyl (C=O) groups is 1. The molecule has 0 aliphatic heterocycles. The molecule has 0 aromatic heterocycles. The minimum Gasteiger partial charge on any atom is -0.495 e. The molecule has 0 atom stereocenters. The number of hydrogen-bond donors (Lipinski definition) is 1. The van der Waals surface area contributed by atoms with Gasteiger partial charge in [0.05, 0.1) is 17.7 Å². The van der Waals surface area contributed by atoms with Crippen LogP contribution >= 0.6 is 11.6 Å². The third kappa shape index (κ3) is 5.53. The first-order valence-corrected chi connectivity index (χ1v) is 11.1. The Hall–Kier alpha value is -3.10. The van der Waals surface area contributed by atoms with Gasteiger partial charge in [0.2, 0.25) is 5.91 Å². The van der Waals surface area contributed by atoms with Crippen molar-refractivity contribution in [2.24, 2.45) is 0 Å². The van der Waals surface area contributed by atoms with Crippen molar-refractivity contribution in [1.29, 1.82) is 0 Å². The first-order chi connectivity index (χ1) is 14.8. The highest BCUT2D eigenvalue weighted by Crippen LogP contribution is 2.34. The summed E-state index contributed by atoms with van der Waals surface area (Å²) in [5.74, 6) is -0.690. The standard InChI is InChI=1S/C22H20ClFN2O4S/c1-30-21-12-9-17(23)13-20(21)26(31(28,29)19-5-3-2-4-6-19)15-22(27)25-14-16-7-10-18(24)11-8-16/h2-13H,14-15H2,1H3,(H,25,27). The van der Waals surface area contributed by atoms with Crippen LogP contribution < -0.4 is 14.4 Å². The lowest BCUT2D eigenvalue weighted by atomic mass is 10.2. The van der Waals surface area contributed by atoms with Crippen LogP contribution in [0, 0.1) is 5.82 Å². The normalized spacial score (nSPS) is 11.1. The second-order valence-electron chi connectivity index (χ2n) is 6.54. The summed E-state index contributed by atoms with van der Waals surface area (Å²) in [4.78, 5) is 12.7. The molecule has 0 saturated carbocycles. The molecule has 6 nitrogen and oxygen atoms in total. The molecule has 3 aromatic carbocycles. The number of ether oxygens (including phenoxy) is 1. The van der Waals surface area contributed by atoms with E-state index in [-0.39, 0.29) is 33.7 Å². The number of rotatable bonds is 8. The number of anilines is 1. The minimum atomic E-state index is -4.10. The Balaban J connectivity index is 1.92. The van der Waals surface area contributed by atoms with E-state index in [1.807, 2.05) is 0 Å². The summed E-state index contributed by atoms with van der Waals surface area (Å²) >= 11 is 6.10. The number of nitrogens with one attached hydrogen (secondary N) is 1. The molecule has 0 aliphatic carbocycles. The summed E-state index contributed by atoms with van der Waals surface area (Å²) in [7, 11) is -2.71. The van der Waals surface area contributed by atoms with Crippen LogP contribution in [0.4, 0.5) is 10.1 Å². The Labute approximate surface area is 185 Å². The van der Waals surface area contributed by atoms with Crippen LogP contribution in [0.3, 0.4) is 0 Å². The monoisotopic (exact) mass is 462 g/mol. The maximum absolute atomic E-state index is 13.4. The number of amides is 1. The van der Waals surface area contributed by atoms with Crippen LogP contribution in [0.1, 0.15) is 5.56 Å². The second-order valence-corrected chi connectivity index (χ2v) is 8.84. The summed E-state index contributed by atoms with van der Waals surface area (Å²) < 4.78 is 46.0. The SMILES string of the molecule is COc1ccc(Cl)cc1N(CC(=O)NCc1ccc(F)cc1)S(=O)(=O)c1ccccc1. The third-order valence-corrected chi connectivity index (χ3v) is 6.44. The summed E-state index contributed by atoms with van der Waals surface area (Å²) in [5.41, 5.74) is 0.809. The highest BCUT2D eigenvalue weighted by atomic mass is 35.5. The van der Waals surface area contributed by atoms with Crippen molar-refractivity contribution in [3.8, 4) is 5.75 Å². The van der Waals surface area contributed by atoms with Crippen LogP contribution in [0.5, 0.6) is 5.75 Å². The molecule has 0 spiro atoms. The van der Waals surface area contributed by atoms with Gasteiger partial charge in [0, 0.05) is 11.6 Å². The first-order valence-electron chi connectivity index (χ1n) is 9.24. The molecule has 9 heteroatoms. The van der Waals surface area contributed by atoms with Crippen molar-refractivity contribution in [1.82, 2.24) is 5.32 Å². The van der Waals surface area contributed by atoms with Crippen molar-refractivity contribution < 1.29 is 22.3 Å². The summed E-state index contributed by atoms with van der Waals surface area (Å²) in [5, 5.41) is 2.94. The lowest BCUT2D eigenvalue weighted by Gasteiger charge is -2.26. The maximum atomic E-state index is 13.4. The molecule has 3 aromatic rings. The van der Waals surface area contributed by atoms with Crippen molar-refractivity contribution >= 4 is 33.2 Å². The van der Waals surface area contributed by atoms with E-state index in [1.54, 1.807) is 24.3 Å². The van der Waals surface area contributed by atoms with Crippen LogP contribution in [0.2, 0.25) is 5.02 Å². The van der Waals surface area contributed by atoms with Crippen molar-refractivity contribution in [3.05, 3.63) is 89.2 Å². The van der Waals surface area contributed by atoms with Crippen LogP contribution in [-0.2, 0) is 21.4 Å². The largest absolute Gasteiger partial charge is 0.495 e. The van der Waals surface area contributed by atoms with Crippen LogP contribution in [0.15, 0.2) is 77.7 Å². The summed E-state index contributed by atoms with van der Waals surface area (Å²) in [6.07, 6.45) is 0. The lowest BCUT2D eigenvalue weighted by Crippen LogP contribution is -2.40. The van der Waals surface area contributed by atoms with Crippen LogP contribution in [0.25, 0.3) is 0 Å². The van der Waals surface area contributed by atoms with E-state index >= 15 is 0 Å². The number of carbonyl (C=O) groups excluding carboxylic acids is 1. The van der Waals surface area contributed by atoms with E-state index < -0.39 is 22.5 Å². The van der Waals surface area contributed by atoms with Gasteiger partial charge in [-0.05, 0) is 48.0 Å². The van der Waals surface area contributed by atoms with Crippen molar-refractivity contribution in [2.45, 2.75) is 11.4 Å². The average molecular weight is 463 g/mol. The molecule has 0 fully saturated rings. The van der Waals surface area contributed by atoms with Gasteiger partial charge in [-0.15, -0.1) is 0 Å². The fraction of sp³-hybridized carbons (Fsp3) is 0.136. The van der Waals surface area contributed by atoms with Gasteiger partial charge in [-0.2, -0.15) is 0 Å². The molecular formula is C22H20ClFN2O4S. The second kappa shape index (κ2) is 9.80. The fourth-order valence-electron chi connectivity index (χ4n) is 2.87. The zero-order valence-electron chi connectivity index (χ0n) is 16.6. The van der Waals surface area contributed by atoms with Gasteiger partial charge in [-0.1, -0.05) is 41.9 Å². The molecule has 1 amide bonds. The predicted octanol–water partition coefficient (Wildman–Crippen LogP) is 4.00. The van der Waals surface area contributed by atoms with E-state index in [2.05, 4.69) is 5.32 Å². The average Bonchev–Trinajstić information content (AvgIpc) is 2.77. The predicted molar refractivity (Wildman–Crippen MR) is 117 cm³/mol. The Kier molecular flexibility index (Phi) is 7.14. The number of halogens is 2. The number of hydrogen-bond acceptors (Lipinski definition) is 4. The van der Waals surface area contributed by atoms with Gasteiger partial charge < -0.3 is 10.1 Å². The number of sulfonamides is 1. The molecule has 162 valence electrons. The van der Waals surface area contributed by atoms with Gasteiger partial charge in [0.1, 0.15) is 18.1 Å². The summed E-state index contributed by atoms with van der Waals surface area (Å²) in [6, 6.07) is 17.9. The topological polar surface area (TPSA) is 75.7 Å². The van der Waals surface area contributed by atoms with Crippen molar-refractivity contribution in [2.75, 3.05) is 18.0 Å². The van der Waals surface area contributed by atoms with Crippen molar-refractivity contribution in [3.63, 3.8) is 0 Å². The van der Waals surface area contributed by atoms with E-state index in [0.717, 1.165) is 4.31 Å². The number of nitrogens with zero attached hydrogens (tertiary/aromatic N) is 1. The van der Waals surface area contributed by atoms with Gasteiger partial charge in [0.15, 0.2) is 0 Å². The number of benzene rings is 3. The fourth-order valence-corrected chi connectivity index (χ4v) is 4.48. The zero-order valence-corrected chi connectivity index (χ0v) is 18.2.